The number of hydrogen-bond acceptors (Lipinski definition) is 7. The van der Waals surface area contributed by atoms with Crippen LogP contribution in [0.2, 0.25) is 0 Å². The minimum Gasteiger partial charge on any atom is -0.476 e. The highest BCUT2D eigenvalue weighted by atomic mass is 32.1. The second-order valence-corrected chi connectivity index (χ2v) is 8.18. The van der Waals surface area contributed by atoms with Gasteiger partial charge < -0.3 is 10.1 Å². The van der Waals surface area contributed by atoms with Crippen molar-refractivity contribution in [3.8, 4) is 5.88 Å². The Balaban J connectivity index is 1.37. The van der Waals surface area contributed by atoms with E-state index in [1.807, 2.05) is 25.4 Å². The molecule has 0 amide bonds. The van der Waals surface area contributed by atoms with Crippen LogP contribution in [0.25, 0.3) is 0 Å². The minimum atomic E-state index is -0.186. The van der Waals surface area contributed by atoms with Crippen molar-refractivity contribution in [2.45, 2.75) is 32.7 Å². The molecule has 1 unspecified atom stereocenters. The molecule has 0 spiro atoms. The Morgan fingerprint density at radius 3 is 2.93 bits per heavy atom. The monoisotopic (exact) mass is 397 g/mol. The van der Waals surface area contributed by atoms with Crippen LogP contribution in [0, 0.1) is 19.8 Å². The fourth-order valence-corrected chi connectivity index (χ4v) is 3.83. The SMILES string of the molecule is Cc1ccc([C@@H]2CC2COc2cc(NCc3nc(C)cs3)c(=O)n(C)n2)nc1. The molecule has 0 aromatic carbocycles. The first-order valence-electron chi connectivity index (χ1n) is 9.28. The number of ether oxygens (including phenoxy) is 1. The summed E-state index contributed by atoms with van der Waals surface area (Å²) in [7, 11) is 1.63. The van der Waals surface area contributed by atoms with E-state index in [4.69, 9.17) is 4.74 Å². The maximum atomic E-state index is 12.3. The molecule has 4 rings (SSSR count). The van der Waals surface area contributed by atoms with Crippen LogP contribution in [0.4, 0.5) is 5.69 Å². The van der Waals surface area contributed by atoms with Crippen molar-refractivity contribution in [2.24, 2.45) is 13.0 Å². The number of hydrogen-bond donors (Lipinski definition) is 1. The van der Waals surface area contributed by atoms with E-state index in [9.17, 15) is 4.79 Å². The van der Waals surface area contributed by atoms with E-state index < -0.39 is 0 Å². The van der Waals surface area contributed by atoms with Gasteiger partial charge in [-0.3, -0.25) is 9.78 Å². The van der Waals surface area contributed by atoms with Crippen LogP contribution in [0.1, 0.15) is 34.3 Å². The molecule has 3 aromatic rings. The molecule has 1 N–H and O–H groups in total. The second kappa shape index (κ2) is 7.71. The molecule has 1 aliphatic rings. The van der Waals surface area contributed by atoms with E-state index in [-0.39, 0.29) is 5.56 Å². The maximum absolute atomic E-state index is 12.3. The van der Waals surface area contributed by atoms with Crippen molar-refractivity contribution < 1.29 is 4.74 Å². The first kappa shape index (κ1) is 18.6. The fourth-order valence-electron chi connectivity index (χ4n) is 3.12. The van der Waals surface area contributed by atoms with Gasteiger partial charge in [0.25, 0.3) is 5.56 Å². The summed E-state index contributed by atoms with van der Waals surface area (Å²) in [4.78, 5) is 21.2. The van der Waals surface area contributed by atoms with E-state index in [1.54, 1.807) is 24.5 Å². The first-order valence-corrected chi connectivity index (χ1v) is 10.2. The van der Waals surface area contributed by atoms with Gasteiger partial charge in [-0.1, -0.05) is 6.07 Å². The first-order chi connectivity index (χ1) is 13.5. The average Bonchev–Trinajstić information content (AvgIpc) is 3.34. The molecule has 3 heterocycles. The molecule has 1 saturated carbocycles. The van der Waals surface area contributed by atoms with Gasteiger partial charge in [-0.25, -0.2) is 9.67 Å². The van der Waals surface area contributed by atoms with Crippen LogP contribution >= 0.6 is 11.3 Å². The molecular formula is C20H23N5O2S. The number of thiazole rings is 1. The van der Waals surface area contributed by atoms with Crippen LogP contribution in [-0.2, 0) is 13.6 Å². The van der Waals surface area contributed by atoms with Crippen molar-refractivity contribution >= 4 is 17.0 Å². The molecule has 146 valence electrons. The average molecular weight is 398 g/mol. The number of aryl methyl sites for hydroxylation is 3. The Hall–Kier alpha value is -2.74. The summed E-state index contributed by atoms with van der Waals surface area (Å²) in [5.74, 6) is 1.32. The topological polar surface area (TPSA) is 81.9 Å². The van der Waals surface area contributed by atoms with E-state index >= 15 is 0 Å². The lowest BCUT2D eigenvalue weighted by molar-refractivity contribution is 0.278. The molecule has 1 aliphatic carbocycles. The van der Waals surface area contributed by atoms with Crippen molar-refractivity contribution in [3.05, 3.63) is 62.1 Å². The molecule has 28 heavy (non-hydrogen) atoms. The van der Waals surface area contributed by atoms with Crippen molar-refractivity contribution in [1.82, 2.24) is 19.7 Å². The summed E-state index contributed by atoms with van der Waals surface area (Å²) in [5.41, 5.74) is 3.55. The van der Waals surface area contributed by atoms with Gasteiger partial charge in [-0.2, -0.15) is 0 Å². The van der Waals surface area contributed by atoms with Crippen LogP contribution < -0.4 is 15.6 Å². The van der Waals surface area contributed by atoms with Gasteiger partial charge in [0, 0.05) is 47.9 Å². The third-order valence-electron chi connectivity index (χ3n) is 4.82. The van der Waals surface area contributed by atoms with Crippen molar-refractivity contribution in [1.29, 1.82) is 0 Å². The van der Waals surface area contributed by atoms with E-state index in [1.165, 1.54) is 10.2 Å². The lowest BCUT2D eigenvalue weighted by atomic mass is 10.2. The van der Waals surface area contributed by atoms with Crippen LogP contribution in [-0.4, -0.2) is 26.4 Å². The number of pyridine rings is 1. The standard InChI is InChI=1S/C20H23N5O2S/c1-12-4-5-16(21-8-12)15-6-14(15)10-27-18-7-17(20(26)25(3)24-18)22-9-19-23-13(2)11-28-19/h4-5,7-8,11,14-15,22H,6,9-10H2,1-3H3/t14?,15-/m1/s1. The predicted octanol–water partition coefficient (Wildman–Crippen LogP) is 3.04. The summed E-state index contributed by atoms with van der Waals surface area (Å²) in [6.45, 7) is 5.06. The van der Waals surface area contributed by atoms with Crippen LogP contribution in [0.5, 0.6) is 5.88 Å². The Bertz CT molecular complexity index is 1030. The lowest BCUT2D eigenvalue weighted by Gasteiger charge is -2.10. The summed E-state index contributed by atoms with van der Waals surface area (Å²) in [5, 5.41) is 10.3. The van der Waals surface area contributed by atoms with E-state index in [0.717, 1.165) is 22.8 Å². The summed E-state index contributed by atoms with van der Waals surface area (Å²) in [6.07, 6.45) is 2.97. The predicted molar refractivity (Wildman–Crippen MR) is 109 cm³/mol. The molecule has 1 fully saturated rings. The number of aromatic nitrogens is 4. The van der Waals surface area contributed by atoms with Gasteiger partial charge in [-0.05, 0) is 31.9 Å². The Morgan fingerprint density at radius 1 is 1.36 bits per heavy atom. The van der Waals surface area contributed by atoms with Gasteiger partial charge in [0.2, 0.25) is 5.88 Å². The summed E-state index contributed by atoms with van der Waals surface area (Å²) in [6, 6.07) is 5.85. The Morgan fingerprint density at radius 2 is 2.21 bits per heavy atom. The minimum absolute atomic E-state index is 0.186. The zero-order valence-corrected chi connectivity index (χ0v) is 17.0. The van der Waals surface area contributed by atoms with E-state index in [0.29, 0.717) is 36.6 Å². The molecule has 3 aromatic heterocycles. The number of rotatable bonds is 7. The van der Waals surface area contributed by atoms with Gasteiger partial charge in [0.1, 0.15) is 10.7 Å². The quantitative estimate of drug-likeness (QED) is 0.660. The number of anilines is 1. The smallest absolute Gasteiger partial charge is 0.290 e. The van der Waals surface area contributed by atoms with E-state index in [2.05, 4.69) is 32.5 Å². The van der Waals surface area contributed by atoms with Gasteiger partial charge in [0.15, 0.2) is 0 Å². The third-order valence-corrected chi connectivity index (χ3v) is 5.79. The normalized spacial score (nSPS) is 18.1. The van der Waals surface area contributed by atoms with Gasteiger partial charge in [-0.15, -0.1) is 16.4 Å². The molecule has 2 atom stereocenters. The largest absolute Gasteiger partial charge is 0.476 e. The molecule has 0 bridgehead atoms. The fraction of sp³-hybridized carbons (Fsp3) is 0.400. The summed E-state index contributed by atoms with van der Waals surface area (Å²) >= 11 is 1.57. The maximum Gasteiger partial charge on any atom is 0.290 e. The molecule has 0 aliphatic heterocycles. The highest BCUT2D eigenvalue weighted by Crippen LogP contribution is 2.46. The second-order valence-electron chi connectivity index (χ2n) is 7.23. The molecule has 8 heteroatoms. The Kier molecular flexibility index (Phi) is 5.13. The van der Waals surface area contributed by atoms with Crippen molar-refractivity contribution in [3.63, 3.8) is 0 Å². The zero-order chi connectivity index (χ0) is 19.7. The highest BCUT2D eigenvalue weighted by Gasteiger charge is 2.40. The molecule has 0 radical (unpaired) electrons. The van der Waals surface area contributed by atoms with Crippen LogP contribution in [0.3, 0.4) is 0 Å². The molecule has 7 nitrogen and oxygen atoms in total. The summed E-state index contributed by atoms with van der Waals surface area (Å²) < 4.78 is 7.19. The van der Waals surface area contributed by atoms with Gasteiger partial charge >= 0.3 is 0 Å². The number of nitrogens with zero attached hydrogens (tertiary/aromatic N) is 4. The highest BCUT2D eigenvalue weighted by molar-refractivity contribution is 7.09. The third kappa shape index (κ3) is 4.22. The molecule has 0 saturated heterocycles. The lowest BCUT2D eigenvalue weighted by Crippen LogP contribution is -2.24. The zero-order valence-electron chi connectivity index (χ0n) is 16.2. The van der Waals surface area contributed by atoms with Crippen molar-refractivity contribution in [2.75, 3.05) is 11.9 Å². The Labute approximate surface area is 167 Å². The van der Waals surface area contributed by atoms with Crippen LogP contribution in [0.15, 0.2) is 34.6 Å². The molecular weight excluding hydrogens is 374 g/mol. The van der Waals surface area contributed by atoms with Gasteiger partial charge in [0.05, 0.1) is 13.2 Å². The number of nitrogens with one attached hydrogen (secondary N) is 1.